The predicted molar refractivity (Wildman–Crippen MR) is 64.7 cm³/mol. The van der Waals surface area contributed by atoms with Gasteiger partial charge >= 0.3 is 0 Å². The quantitative estimate of drug-likeness (QED) is 0.602. The lowest BCUT2D eigenvalue weighted by atomic mass is 9.91. The van der Waals surface area contributed by atoms with Crippen molar-refractivity contribution in [2.45, 2.75) is 37.8 Å². The largest absolute Gasteiger partial charge is 0.504 e. The lowest BCUT2D eigenvalue weighted by Crippen LogP contribution is -2.31. The Hall–Kier alpha value is -1.26. The average molecular weight is 237 g/mol. The molecule has 0 radical (unpaired) electrons. The molecule has 4 nitrogen and oxygen atoms in total. The van der Waals surface area contributed by atoms with E-state index in [4.69, 9.17) is 5.73 Å². The van der Waals surface area contributed by atoms with Crippen molar-refractivity contribution in [3.05, 3.63) is 23.8 Å². The van der Waals surface area contributed by atoms with E-state index < -0.39 is 12.1 Å². The van der Waals surface area contributed by atoms with Crippen molar-refractivity contribution < 1.29 is 15.3 Å². The molecule has 4 heteroatoms. The average Bonchev–Trinajstić information content (AvgIpc) is 2.84. The molecule has 0 aromatic heterocycles. The van der Waals surface area contributed by atoms with Crippen molar-refractivity contribution in [1.29, 1.82) is 0 Å². The zero-order valence-corrected chi connectivity index (χ0v) is 9.71. The van der Waals surface area contributed by atoms with Crippen LogP contribution in [0.25, 0.3) is 0 Å². The fraction of sp³-hybridized carbons (Fsp3) is 0.538. The van der Waals surface area contributed by atoms with Crippen molar-refractivity contribution in [3.63, 3.8) is 0 Å². The lowest BCUT2D eigenvalue weighted by molar-refractivity contribution is 0.0844. The molecule has 5 N–H and O–H groups in total. The summed E-state index contributed by atoms with van der Waals surface area (Å²) in [6.45, 7) is 0. The normalized spacial score (nSPS) is 20.4. The molecule has 0 unspecified atom stereocenters. The maximum Gasteiger partial charge on any atom is 0.157 e. The Morgan fingerprint density at radius 3 is 2.35 bits per heavy atom. The van der Waals surface area contributed by atoms with Crippen molar-refractivity contribution in [2.24, 2.45) is 11.7 Å². The highest BCUT2D eigenvalue weighted by atomic mass is 16.3. The van der Waals surface area contributed by atoms with Crippen LogP contribution in [-0.4, -0.2) is 21.4 Å². The molecular weight excluding hydrogens is 218 g/mol. The molecule has 17 heavy (non-hydrogen) atoms. The highest BCUT2D eigenvalue weighted by Crippen LogP contribution is 2.34. The van der Waals surface area contributed by atoms with Gasteiger partial charge in [0.05, 0.1) is 12.1 Å². The molecular formula is C13H19NO3. The molecule has 1 aromatic rings. The van der Waals surface area contributed by atoms with E-state index in [9.17, 15) is 15.3 Å². The number of nitrogens with two attached hydrogens (primary N) is 1. The van der Waals surface area contributed by atoms with Gasteiger partial charge in [-0.1, -0.05) is 18.9 Å². The van der Waals surface area contributed by atoms with E-state index in [1.165, 1.54) is 12.1 Å². The summed E-state index contributed by atoms with van der Waals surface area (Å²) in [5, 5.41) is 28.8. The van der Waals surface area contributed by atoms with Gasteiger partial charge in [-0.15, -0.1) is 0 Å². The molecule has 94 valence electrons. The Kier molecular flexibility index (Phi) is 3.54. The van der Waals surface area contributed by atoms with E-state index in [1.807, 2.05) is 0 Å². The third-order valence-corrected chi connectivity index (χ3v) is 3.64. The number of rotatable bonds is 3. The van der Waals surface area contributed by atoms with Crippen LogP contribution in [0.3, 0.4) is 0 Å². The summed E-state index contributed by atoms with van der Waals surface area (Å²) in [7, 11) is 0. The summed E-state index contributed by atoms with van der Waals surface area (Å²) in [6, 6.07) is 3.94. The number of hydrogen-bond donors (Lipinski definition) is 4. The minimum absolute atomic E-state index is 0.170. The highest BCUT2D eigenvalue weighted by Gasteiger charge is 2.28. The minimum Gasteiger partial charge on any atom is -0.504 e. The monoisotopic (exact) mass is 237 g/mol. The van der Waals surface area contributed by atoms with Gasteiger partial charge in [0.2, 0.25) is 0 Å². The number of aromatic hydroxyl groups is 2. The van der Waals surface area contributed by atoms with Crippen LogP contribution in [0.2, 0.25) is 0 Å². The fourth-order valence-electron chi connectivity index (χ4n) is 2.54. The summed E-state index contributed by atoms with van der Waals surface area (Å²) >= 11 is 0. The van der Waals surface area contributed by atoms with Gasteiger partial charge in [-0.25, -0.2) is 0 Å². The van der Waals surface area contributed by atoms with Gasteiger partial charge in [0.1, 0.15) is 0 Å². The van der Waals surface area contributed by atoms with E-state index in [0.717, 1.165) is 25.7 Å². The second-order valence-corrected chi connectivity index (χ2v) is 4.81. The molecule has 1 saturated carbocycles. The molecule has 0 spiro atoms. The Morgan fingerprint density at radius 2 is 1.76 bits per heavy atom. The summed E-state index contributed by atoms with van der Waals surface area (Å²) in [4.78, 5) is 0. The second kappa shape index (κ2) is 4.94. The van der Waals surface area contributed by atoms with Gasteiger partial charge < -0.3 is 21.1 Å². The maximum absolute atomic E-state index is 10.2. The molecule has 0 heterocycles. The Morgan fingerprint density at radius 1 is 1.12 bits per heavy atom. The second-order valence-electron chi connectivity index (χ2n) is 4.81. The van der Waals surface area contributed by atoms with Gasteiger partial charge in [-0.2, -0.15) is 0 Å². The topological polar surface area (TPSA) is 86.7 Å². The number of phenols is 2. The third kappa shape index (κ3) is 2.53. The van der Waals surface area contributed by atoms with Gasteiger partial charge in [-0.3, -0.25) is 0 Å². The van der Waals surface area contributed by atoms with Crippen molar-refractivity contribution in [1.82, 2.24) is 0 Å². The first kappa shape index (κ1) is 12.2. The molecule has 1 aliphatic carbocycles. The first-order valence-corrected chi connectivity index (χ1v) is 6.05. The molecule has 0 saturated heterocycles. The first-order valence-electron chi connectivity index (χ1n) is 6.05. The molecule has 0 amide bonds. The molecule has 0 aliphatic heterocycles. The molecule has 0 bridgehead atoms. The van der Waals surface area contributed by atoms with Gasteiger partial charge in [0.25, 0.3) is 0 Å². The number of benzene rings is 1. The maximum atomic E-state index is 10.2. The fourth-order valence-corrected chi connectivity index (χ4v) is 2.54. The Labute approximate surface area is 101 Å². The summed E-state index contributed by atoms with van der Waals surface area (Å²) in [5.74, 6) is -0.117. The predicted octanol–water partition coefficient (Wildman–Crippen LogP) is 1.65. The Bertz CT molecular complexity index is 388. The van der Waals surface area contributed by atoms with Crippen LogP contribution in [0.1, 0.15) is 37.3 Å². The highest BCUT2D eigenvalue weighted by molar-refractivity contribution is 5.41. The molecule has 1 fully saturated rings. The summed E-state index contributed by atoms with van der Waals surface area (Å²) in [6.07, 6.45) is 3.74. The van der Waals surface area contributed by atoms with Crippen molar-refractivity contribution in [3.8, 4) is 11.5 Å². The molecule has 1 aromatic carbocycles. The van der Waals surface area contributed by atoms with Gasteiger partial charge in [0.15, 0.2) is 11.5 Å². The zero-order valence-electron chi connectivity index (χ0n) is 9.71. The molecule has 2 rings (SSSR count). The smallest absolute Gasteiger partial charge is 0.157 e. The number of aliphatic hydroxyl groups excluding tert-OH is 1. The number of phenolic OH excluding ortho intramolecular Hbond substituents is 2. The Balaban J connectivity index is 2.12. The van der Waals surface area contributed by atoms with E-state index >= 15 is 0 Å². The third-order valence-electron chi connectivity index (χ3n) is 3.64. The van der Waals surface area contributed by atoms with Gasteiger partial charge in [0, 0.05) is 0 Å². The van der Waals surface area contributed by atoms with Crippen LogP contribution in [0, 0.1) is 5.92 Å². The SMILES string of the molecule is N[C@H](c1ccc(O)c(O)c1)[C@@H](O)C1CCCC1. The van der Waals surface area contributed by atoms with Gasteiger partial charge in [-0.05, 0) is 36.5 Å². The number of hydrogen-bond acceptors (Lipinski definition) is 4. The van der Waals surface area contributed by atoms with E-state index in [-0.39, 0.29) is 17.4 Å². The molecule has 1 aliphatic rings. The van der Waals surface area contributed by atoms with Crippen LogP contribution in [0.4, 0.5) is 0 Å². The summed E-state index contributed by atoms with van der Waals surface area (Å²) in [5.41, 5.74) is 6.65. The summed E-state index contributed by atoms with van der Waals surface area (Å²) < 4.78 is 0. The van der Waals surface area contributed by atoms with Crippen LogP contribution in [-0.2, 0) is 0 Å². The van der Waals surface area contributed by atoms with Crippen LogP contribution >= 0.6 is 0 Å². The van der Waals surface area contributed by atoms with Crippen molar-refractivity contribution >= 4 is 0 Å². The lowest BCUT2D eigenvalue weighted by Gasteiger charge is -2.24. The van der Waals surface area contributed by atoms with Crippen LogP contribution in [0.15, 0.2) is 18.2 Å². The van der Waals surface area contributed by atoms with Crippen LogP contribution < -0.4 is 5.73 Å². The minimum atomic E-state index is -0.582. The standard InChI is InChI=1S/C13H19NO3/c14-12(13(17)8-3-1-2-4-8)9-5-6-10(15)11(16)7-9/h5-8,12-13,15-17H,1-4,14H2/t12-,13+/m1/s1. The van der Waals surface area contributed by atoms with Crippen LogP contribution in [0.5, 0.6) is 11.5 Å². The zero-order chi connectivity index (χ0) is 12.4. The molecule has 2 atom stereocenters. The van der Waals surface area contributed by atoms with E-state index in [2.05, 4.69) is 0 Å². The van der Waals surface area contributed by atoms with E-state index in [0.29, 0.717) is 5.56 Å². The van der Waals surface area contributed by atoms with E-state index in [1.54, 1.807) is 6.07 Å². The van der Waals surface area contributed by atoms with Crippen molar-refractivity contribution in [2.75, 3.05) is 0 Å². The first-order chi connectivity index (χ1) is 8.09. The number of aliphatic hydroxyl groups is 1.